The first kappa shape index (κ1) is 11.1. The minimum absolute atomic E-state index is 0.168. The average Bonchev–Trinajstić information content (AvgIpc) is 2.34. The number of aryl methyl sites for hydroxylation is 1. The first-order chi connectivity index (χ1) is 8.16. The summed E-state index contributed by atoms with van der Waals surface area (Å²) in [6.45, 7) is 1.73. The summed E-state index contributed by atoms with van der Waals surface area (Å²) in [5.74, 6) is 0.276. The van der Waals surface area contributed by atoms with Crippen molar-refractivity contribution in [2.24, 2.45) is 0 Å². The molecule has 1 amide bonds. The second kappa shape index (κ2) is 4.61. The van der Waals surface area contributed by atoms with Crippen LogP contribution in [0.1, 0.15) is 15.9 Å². The van der Waals surface area contributed by atoms with E-state index < -0.39 is 0 Å². The van der Waals surface area contributed by atoms with Crippen molar-refractivity contribution in [3.63, 3.8) is 0 Å². The number of aromatic hydroxyl groups is 1. The van der Waals surface area contributed by atoms with Crippen LogP contribution in [0.15, 0.2) is 36.8 Å². The van der Waals surface area contributed by atoms with Crippen molar-refractivity contribution >= 4 is 11.7 Å². The molecule has 17 heavy (non-hydrogen) atoms. The highest BCUT2D eigenvalue weighted by atomic mass is 16.3. The van der Waals surface area contributed by atoms with E-state index in [2.05, 4.69) is 15.3 Å². The molecule has 86 valence electrons. The fraction of sp³-hybridized carbons (Fsp3) is 0.0833. The van der Waals surface area contributed by atoms with Crippen molar-refractivity contribution in [1.29, 1.82) is 0 Å². The van der Waals surface area contributed by atoms with Gasteiger partial charge >= 0.3 is 0 Å². The van der Waals surface area contributed by atoms with Gasteiger partial charge in [-0.2, -0.15) is 0 Å². The number of rotatable bonds is 2. The minimum atomic E-state index is -0.284. The number of carbonyl (C=O) groups is 1. The summed E-state index contributed by atoms with van der Waals surface area (Å²) in [5, 5.41) is 12.0. The van der Waals surface area contributed by atoms with Crippen LogP contribution in [0.3, 0.4) is 0 Å². The van der Waals surface area contributed by atoms with E-state index in [0.717, 1.165) is 0 Å². The second-order valence-corrected chi connectivity index (χ2v) is 3.55. The van der Waals surface area contributed by atoms with Gasteiger partial charge in [-0.1, -0.05) is 0 Å². The number of amides is 1. The molecule has 0 aliphatic carbocycles. The zero-order valence-electron chi connectivity index (χ0n) is 9.21. The summed E-state index contributed by atoms with van der Waals surface area (Å²) in [6, 6.07) is 4.65. The van der Waals surface area contributed by atoms with E-state index in [0.29, 0.717) is 16.9 Å². The van der Waals surface area contributed by atoms with Crippen molar-refractivity contribution in [2.45, 2.75) is 6.92 Å². The zero-order valence-corrected chi connectivity index (χ0v) is 9.21. The Morgan fingerprint density at radius 2 is 2.18 bits per heavy atom. The molecule has 0 unspecified atom stereocenters. The van der Waals surface area contributed by atoms with Crippen LogP contribution < -0.4 is 5.32 Å². The summed E-state index contributed by atoms with van der Waals surface area (Å²) in [6.07, 6.45) is 4.49. The molecule has 0 fully saturated rings. The lowest BCUT2D eigenvalue weighted by Gasteiger charge is -2.05. The number of nitrogens with one attached hydrogen (secondary N) is 1. The highest BCUT2D eigenvalue weighted by Gasteiger charge is 2.08. The maximum atomic E-state index is 11.8. The van der Waals surface area contributed by atoms with Crippen LogP contribution in [-0.4, -0.2) is 21.0 Å². The first-order valence-corrected chi connectivity index (χ1v) is 5.04. The number of benzene rings is 1. The molecule has 1 aromatic heterocycles. The van der Waals surface area contributed by atoms with Crippen molar-refractivity contribution < 1.29 is 9.90 Å². The van der Waals surface area contributed by atoms with E-state index >= 15 is 0 Å². The first-order valence-electron chi connectivity index (χ1n) is 5.04. The van der Waals surface area contributed by atoms with Gasteiger partial charge < -0.3 is 10.4 Å². The summed E-state index contributed by atoms with van der Waals surface area (Å²) in [4.78, 5) is 19.6. The Bertz CT molecular complexity index is 541. The second-order valence-electron chi connectivity index (χ2n) is 3.55. The molecule has 2 aromatic rings. The summed E-state index contributed by atoms with van der Waals surface area (Å²) < 4.78 is 0. The Morgan fingerprint density at radius 3 is 2.82 bits per heavy atom. The number of hydrogen-bond donors (Lipinski definition) is 2. The van der Waals surface area contributed by atoms with Crippen LogP contribution in [-0.2, 0) is 0 Å². The number of hydrogen-bond acceptors (Lipinski definition) is 4. The van der Waals surface area contributed by atoms with E-state index in [1.807, 2.05) is 0 Å². The van der Waals surface area contributed by atoms with E-state index in [9.17, 15) is 9.90 Å². The van der Waals surface area contributed by atoms with Crippen molar-refractivity contribution in [3.05, 3.63) is 47.9 Å². The quantitative estimate of drug-likeness (QED) is 0.822. The predicted molar refractivity (Wildman–Crippen MR) is 62.8 cm³/mol. The van der Waals surface area contributed by atoms with Crippen molar-refractivity contribution in [1.82, 2.24) is 9.97 Å². The predicted octanol–water partition coefficient (Wildman–Crippen LogP) is 1.74. The van der Waals surface area contributed by atoms with Crippen LogP contribution in [0.2, 0.25) is 0 Å². The topological polar surface area (TPSA) is 75.1 Å². The third-order valence-corrected chi connectivity index (χ3v) is 2.26. The van der Waals surface area contributed by atoms with Gasteiger partial charge in [0.05, 0.1) is 6.20 Å². The lowest BCUT2D eigenvalue weighted by atomic mass is 10.1. The molecule has 0 aliphatic rings. The largest absolute Gasteiger partial charge is 0.508 e. The standard InChI is InChI=1S/C12H11N3O2/c1-8-6-9(2-3-10(8)16)12(17)15-11-7-13-4-5-14-11/h2-7,16H,1H3,(H,14,15,17). The van der Waals surface area contributed by atoms with Crippen LogP contribution in [0, 0.1) is 6.92 Å². The zero-order chi connectivity index (χ0) is 12.3. The Balaban J connectivity index is 2.18. The van der Waals surface area contributed by atoms with Gasteiger partial charge in [-0.3, -0.25) is 9.78 Å². The monoisotopic (exact) mass is 229 g/mol. The third-order valence-electron chi connectivity index (χ3n) is 2.26. The van der Waals surface area contributed by atoms with E-state index in [4.69, 9.17) is 0 Å². The van der Waals surface area contributed by atoms with Crippen molar-refractivity contribution in [3.8, 4) is 5.75 Å². The molecule has 5 nitrogen and oxygen atoms in total. The average molecular weight is 229 g/mol. The summed E-state index contributed by atoms with van der Waals surface area (Å²) in [5.41, 5.74) is 1.11. The fourth-order valence-electron chi connectivity index (χ4n) is 1.35. The number of phenolic OH excluding ortho intramolecular Hbond substituents is 1. The van der Waals surface area contributed by atoms with Crippen LogP contribution in [0.4, 0.5) is 5.82 Å². The molecule has 0 saturated heterocycles. The molecular weight excluding hydrogens is 218 g/mol. The van der Waals surface area contributed by atoms with E-state index in [-0.39, 0.29) is 11.7 Å². The number of nitrogens with zero attached hydrogens (tertiary/aromatic N) is 2. The number of carbonyl (C=O) groups excluding carboxylic acids is 1. The summed E-state index contributed by atoms with van der Waals surface area (Å²) >= 11 is 0. The Hall–Kier alpha value is -2.43. The Labute approximate surface area is 98.2 Å². The molecule has 0 radical (unpaired) electrons. The number of anilines is 1. The minimum Gasteiger partial charge on any atom is -0.508 e. The molecule has 0 aliphatic heterocycles. The Kier molecular flexibility index (Phi) is 3.00. The third kappa shape index (κ3) is 2.57. The normalized spacial score (nSPS) is 9.94. The molecule has 5 heteroatoms. The van der Waals surface area contributed by atoms with E-state index in [1.54, 1.807) is 19.1 Å². The Morgan fingerprint density at radius 1 is 1.35 bits per heavy atom. The highest BCUT2D eigenvalue weighted by Crippen LogP contribution is 2.17. The van der Waals surface area contributed by atoms with Gasteiger partial charge in [0.25, 0.3) is 5.91 Å². The van der Waals surface area contributed by atoms with Crippen LogP contribution in [0.5, 0.6) is 5.75 Å². The van der Waals surface area contributed by atoms with Crippen LogP contribution >= 0.6 is 0 Å². The number of aromatic nitrogens is 2. The molecule has 0 bridgehead atoms. The molecular formula is C12H11N3O2. The maximum absolute atomic E-state index is 11.8. The van der Waals surface area contributed by atoms with Gasteiger partial charge in [0, 0.05) is 18.0 Å². The van der Waals surface area contributed by atoms with Gasteiger partial charge in [0.15, 0.2) is 5.82 Å². The molecule has 0 atom stereocenters. The maximum Gasteiger partial charge on any atom is 0.256 e. The van der Waals surface area contributed by atoms with Crippen molar-refractivity contribution in [2.75, 3.05) is 5.32 Å². The smallest absolute Gasteiger partial charge is 0.256 e. The lowest BCUT2D eigenvalue weighted by molar-refractivity contribution is 0.102. The van der Waals surface area contributed by atoms with Gasteiger partial charge in [-0.05, 0) is 30.7 Å². The SMILES string of the molecule is Cc1cc(C(=O)Nc2cnccn2)ccc1O. The molecule has 2 N–H and O–H groups in total. The van der Waals surface area contributed by atoms with Gasteiger partial charge in [-0.15, -0.1) is 0 Å². The number of phenols is 1. The van der Waals surface area contributed by atoms with Gasteiger partial charge in [0.1, 0.15) is 5.75 Å². The van der Waals surface area contributed by atoms with E-state index in [1.165, 1.54) is 24.7 Å². The molecule has 2 rings (SSSR count). The molecule has 0 spiro atoms. The summed E-state index contributed by atoms with van der Waals surface area (Å²) in [7, 11) is 0. The fourth-order valence-corrected chi connectivity index (χ4v) is 1.35. The molecule has 0 saturated carbocycles. The molecule has 1 heterocycles. The highest BCUT2D eigenvalue weighted by molar-refractivity contribution is 6.03. The lowest BCUT2D eigenvalue weighted by Crippen LogP contribution is -2.13. The van der Waals surface area contributed by atoms with Crippen LogP contribution in [0.25, 0.3) is 0 Å². The van der Waals surface area contributed by atoms with Gasteiger partial charge in [0.2, 0.25) is 0 Å². The molecule has 1 aromatic carbocycles. The van der Waals surface area contributed by atoms with Gasteiger partial charge in [-0.25, -0.2) is 4.98 Å².